The fraction of sp³-hybridized carbons (Fsp3) is 0.500. The van der Waals surface area contributed by atoms with E-state index in [0.29, 0.717) is 23.0 Å². The molecule has 1 atom stereocenters. The number of aliphatic imine (C=N–C) groups is 1. The second-order valence-electron chi connectivity index (χ2n) is 6.16. The monoisotopic (exact) mass is 455 g/mol. The number of amidine groups is 1. The number of hydrogen-bond donors (Lipinski definition) is 2. The van der Waals surface area contributed by atoms with Crippen LogP contribution >= 0.6 is 35.8 Å². The molecule has 1 aliphatic rings. The molecule has 11 heteroatoms. The molecule has 1 aromatic rings. The van der Waals surface area contributed by atoms with E-state index in [-0.39, 0.29) is 28.4 Å². The average Bonchev–Trinajstić information content (AvgIpc) is 2.82. The molecule has 1 aromatic carbocycles. The summed E-state index contributed by atoms with van der Waals surface area (Å²) in [6.45, 7) is 7.37. The highest BCUT2D eigenvalue weighted by atomic mass is 35.5. The first-order valence-corrected chi connectivity index (χ1v) is 10.9. The van der Waals surface area contributed by atoms with E-state index >= 15 is 0 Å². The minimum absolute atomic E-state index is 0. The number of amides is 1. The van der Waals surface area contributed by atoms with Crippen molar-refractivity contribution in [2.75, 3.05) is 12.3 Å². The molecule has 1 unspecified atom stereocenters. The summed E-state index contributed by atoms with van der Waals surface area (Å²) in [5, 5.41) is 11.9. The lowest BCUT2D eigenvalue weighted by Crippen LogP contribution is -2.45. The summed E-state index contributed by atoms with van der Waals surface area (Å²) >= 11 is 7.44. The first kappa shape index (κ1) is 24.0. The summed E-state index contributed by atoms with van der Waals surface area (Å²) in [6.07, 6.45) is 0. The molecule has 0 radical (unpaired) electrons. The molecule has 7 nitrogen and oxygen atoms in total. The van der Waals surface area contributed by atoms with E-state index in [1.54, 1.807) is 11.0 Å². The van der Waals surface area contributed by atoms with E-state index in [2.05, 4.69) is 4.99 Å². The Kier molecular flexibility index (Phi) is 8.01. The van der Waals surface area contributed by atoms with Gasteiger partial charge in [0.15, 0.2) is 10.9 Å². The Morgan fingerprint density at radius 3 is 2.63 bits per heavy atom. The molecule has 0 spiro atoms. The van der Waals surface area contributed by atoms with Gasteiger partial charge in [0.2, 0.25) is 5.91 Å². The number of thioether (sulfide) groups is 1. The average molecular weight is 456 g/mol. The van der Waals surface area contributed by atoms with Crippen molar-refractivity contribution in [2.45, 2.75) is 44.4 Å². The number of aliphatic hydroxyl groups is 1. The SMILES string of the molecule is CCN1C(=NC(C)C)SCC1(O)c1ccc(Cl)c(S(=O)(=O)NC(C)=O)c1.Cl. The van der Waals surface area contributed by atoms with Gasteiger partial charge in [-0.1, -0.05) is 29.4 Å². The van der Waals surface area contributed by atoms with Crippen LogP contribution in [0.15, 0.2) is 28.1 Å². The number of carbonyl (C=O) groups excluding carboxylic acids is 1. The molecular formula is C16H23Cl2N3O4S2. The van der Waals surface area contributed by atoms with Crippen molar-refractivity contribution >= 4 is 56.9 Å². The Morgan fingerprint density at radius 1 is 1.48 bits per heavy atom. The molecule has 0 aromatic heterocycles. The first-order chi connectivity index (χ1) is 12.0. The predicted molar refractivity (Wildman–Crippen MR) is 111 cm³/mol. The van der Waals surface area contributed by atoms with Gasteiger partial charge >= 0.3 is 0 Å². The Balaban J connectivity index is 0.00000364. The van der Waals surface area contributed by atoms with Gasteiger partial charge in [0.1, 0.15) is 4.90 Å². The van der Waals surface area contributed by atoms with Crippen molar-refractivity contribution < 1.29 is 18.3 Å². The molecule has 2 N–H and O–H groups in total. The number of halogens is 2. The Bertz CT molecular complexity index is 846. The van der Waals surface area contributed by atoms with Crippen LogP contribution in [0.5, 0.6) is 0 Å². The third-order valence-corrected chi connectivity index (χ3v) is 6.77. The maximum Gasteiger partial charge on any atom is 0.265 e. The van der Waals surface area contributed by atoms with Crippen LogP contribution in [0.4, 0.5) is 0 Å². The fourth-order valence-corrected chi connectivity index (χ4v) is 5.54. The molecular weight excluding hydrogens is 433 g/mol. The van der Waals surface area contributed by atoms with Crippen LogP contribution in [0.25, 0.3) is 0 Å². The van der Waals surface area contributed by atoms with Crippen molar-refractivity contribution in [3.8, 4) is 0 Å². The minimum atomic E-state index is -4.12. The van der Waals surface area contributed by atoms with Gasteiger partial charge in [0, 0.05) is 25.1 Å². The summed E-state index contributed by atoms with van der Waals surface area (Å²) < 4.78 is 26.6. The molecule has 1 fully saturated rings. The van der Waals surface area contributed by atoms with Gasteiger partial charge in [0.25, 0.3) is 10.0 Å². The Morgan fingerprint density at radius 2 is 2.11 bits per heavy atom. The van der Waals surface area contributed by atoms with Gasteiger partial charge in [-0.2, -0.15) is 0 Å². The van der Waals surface area contributed by atoms with Crippen molar-refractivity contribution in [1.29, 1.82) is 0 Å². The molecule has 27 heavy (non-hydrogen) atoms. The second kappa shape index (κ2) is 9.00. The third-order valence-electron chi connectivity index (χ3n) is 3.73. The van der Waals surface area contributed by atoms with Gasteiger partial charge in [-0.05, 0) is 32.9 Å². The maximum absolute atomic E-state index is 12.4. The van der Waals surface area contributed by atoms with E-state index in [4.69, 9.17) is 11.6 Å². The first-order valence-electron chi connectivity index (χ1n) is 8.05. The molecule has 1 amide bonds. The Labute approximate surface area is 175 Å². The van der Waals surface area contributed by atoms with Gasteiger partial charge in [0.05, 0.1) is 10.8 Å². The predicted octanol–water partition coefficient (Wildman–Crippen LogP) is 2.56. The summed E-state index contributed by atoms with van der Waals surface area (Å²) in [5.41, 5.74) is -1.05. The lowest BCUT2D eigenvalue weighted by molar-refractivity contribution is -0.117. The summed E-state index contributed by atoms with van der Waals surface area (Å²) in [5.74, 6) is -0.420. The van der Waals surface area contributed by atoms with E-state index in [0.717, 1.165) is 6.92 Å². The van der Waals surface area contributed by atoms with E-state index < -0.39 is 21.7 Å². The highest BCUT2D eigenvalue weighted by Crippen LogP contribution is 2.40. The topological polar surface area (TPSA) is 99.1 Å². The normalized spacial score (nSPS) is 21.4. The molecule has 0 aliphatic carbocycles. The smallest absolute Gasteiger partial charge is 0.265 e. The number of rotatable bonds is 5. The van der Waals surface area contributed by atoms with Crippen molar-refractivity contribution in [3.05, 3.63) is 28.8 Å². The molecule has 1 saturated heterocycles. The summed E-state index contributed by atoms with van der Waals surface area (Å²) in [7, 11) is -4.12. The lowest BCUT2D eigenvalue weighted by Gasteiger charge is -2.34. The highest BCUT2D eigenvalue weighted by Gasteiger charge is 2.44. The third kappa shape index (κ3) is 5.08. The van der Waals surface area contributed by atoms with Gasteiger partial charge in [-0.3, -0.25) is 9.79 Å². The number of nitrogens with one attached hydrogen (secondary N) is 1. The molecule has 0 bridgehead atoms. The Hall–Kier alpha value is -1.00. The molecule has 152 valence electrons. The molecule has 1 aliphatic heterocycles. The van der Waals surface area contributed by atoms with E-state index in [1.165, 1.54) is 23.9 Å². The van der Waals surface area contributed by atoms with E-state index in [1.807, 2.05) is 25.5 Å². The van der Waals surface area contributed by atoms with E-state index in [9.17, 15) is 18.3 Å². The van der Waals surface area contributed by atoms with Crippen LogP contribution < -0.4 is 4.72 Å². The number of carbonyl (C=O) groups is 1. The van der Waals surface area contributed by atoms with Crippen molar-refractivity contribution in [1.82, 2.24) is 9.62 Å². The van der Waals surface area contributed by atoms with Gasteiger partial charge < -0.3 is 10.0 Å². The maximum atomic E-state index is 12.4. The number of sulfonamides is 1. The van der Waals surface area contributed by atoms with Crippen LogP contribution in [0.3, 0.4) is 0 Å². The summed E-state index contributed by atoms with van der Waals surface area (Å²) in [4.78, 5) is 17.2. The summed E-state index contributed by atoms with van der Waals surface area (Å²) in [6, 6.07) is 4.35. The van der Waals surface area contributed by atoms with Crippen LogP contribution in [0.2, 0.25) is 5.02 Å². The lowest BCUT2D eigenvalue weighted by atomic mass is 10.0. The highest BCUT2D eigenvalue weighted by molar-refractivity contribution is 8.14. The van der Waals surface area contributed by atoms with Crippen molar-refractivity contribution in [3.63, 3.8) is 0 Å². The number of hydrogen-bond acceptors (Lipinski definition) is 6. The van der Waals surface area contributed by atoms with Crippen molar-refractivity contribution in [2.24, 2.45) is 4.99 Å². The van der Waals surface area contributed by atoms with Gasteiger partial charge in [-0.15, -0.1) is 12.4 Å². The molecule has 1 heterocycles. The van der Waals surface area contributed by atoms with Gasteiger partial charge in [-0.25, -0.2) is 13.1 Å². The molecule has 0 saturated carbocycles. The van der Waals surface area contributed by atoms with Crippen LogP contribution in [-0.2, 0) is 20.5 Å². The zero-order valence-electron chi connectivity index (χ0n) is 15.4. The minimum Gasteiger partial charge on any atom is -0.366 e. The van der Waals surface area contributed by atoms with Crippen LogP contribution in [0, 0.1) is 0 Å². The molecule has 2 rings (SSSR count). The zero-order chi connectivity index (χ0) is 19.7. The number of nitrogens with zero attached hydrogens (tertiary/aromatic N) is 2. The zero-order valence-corrected chi connectivity index (χ0v) is 18.6. The standard InChI is InChI=1S/C16H22ClN3O4S2.ClH/c1-5-20-15(18-10(2)3)25-9-16(20,22)12-6-7-13(17)14(8-12)26(23,24)19-11(4)21;/h6-8,10,22H,5,9H2,1-4H3,(H,19,21);1H. The number of benzene rings is 1. The van der Waals surface area contributed by atoms with Crippen LogP contribution in [0.1, 0.15) is 33.3 Å². The second-order valence-corrected chi connectivity index (χ2v) is 9.16. The quantitative estimate of drug-likeness (QED) is 0.707. The van der Waals surface area contributed by atoms with Crippen LogP contribution in [-0.4, -0.2) is 47.8 Å². The largest absolute Gasteiger partial charge is 0.366 e. The fourth-order valence-electron chi connectivity index (χ4n) is 2.65.